The smallest absolute Gasteiger partial charge is 0.322 e. The Kier molecular flexibility index (Phi) is 7.78. The number of hydrogen-bond acceptors (Lipinski definition) is 5. The predicted molar refractivity (Wildman–Crippen MR) is 124 cm³/mol. The lowest BCUT2D eigenvalue weighted by Gasteiger charge is -2.26. The second-order valence-corrected chi connectivity index (χ2v) is 7.54. The molecule has 3 rings (SSSR count). The quantitative estimate of drug-likeness (QED) is 0.505. The Labute approximate surface area is 188 Å². The number of likely N-dealkylation sites (N-methyl/N-ethyl adjacent to an activating group) is 1. The Bertz CT molecular complexity index is 1080. The number of aryl methyl sites for hydroxylation is 1. The van der Waals surface area contributed by atoms with Crippen LogP contribution >= 0.6 is 0 Å². The van der Waals surface area contributed by atoms with E-state index in [0.29, 0.717) is 31.0 Å². The lowest BCUT2D eigenvalue weighted by Crippen LogP contribution is -2.48. The van der Waals surface area contributed by atoms with Crippen LogP contribution in [-0.2, 0) is 11.4 Å². The summed E-state index contributed by atoms with van der Waals surface area (Å²) in [6.45, 7) is 7.39. The number of pyridine rings is 1. The number of fused-ring (bicyclic) bond motifs is 1. The number of aromatic nitrogens is 1. The number of benzene rings is 2. The number of ether oxygens (including phenoxy) is 1. The summed E-state index contributed by atoms with van der Waals surface area (Å²) in [5, 5.41) is 13.2. The summed E-state index contributed by atoms with van der Waals surface area (Å²) in [6.07, 6.45) is 0. The average molecular weight is 436 g/mol. The van der Waals surface area contributed by atoms with E-state index in [1.165, 1.54) is 0 Å². The second-order valence-electron chi connectivity index (χ2n) is 7.54. The van der Waals surface area contributed by atoms with Crippen LogP contribution in [0.4, 0.5) is 0 Å². The third-order valence-electron chi connectivity index (χ3n) is 5.43. The van der Waals surface area contributed by atoms with Crippen LogP contribution in [0, 0.1) is 6.92 Å². The lowest BCUT2D eigenvalue weighted by atomic mass is 10.1. The van der Waals surface area contributed by atoms with E-state index >= 15 is 0 Å². The molecule has 0 fully saturated rings. The third kappa shape index (κ3) is 5.62. The Hall–Kier alpha value is -3.45. The van der Waals surface area contributed by atoms with Crippen molar-refractivity contribution in [2.45, 2.75) is 33.4 Å². The Morgan fingerprint density at radius 3 is 2.44 bits per heavy atom. The second kappa shape index (κ2) is 10.7. The first-order chi connectivity index (χ1) is 15.4. The van der Waals surface area contributed by atoms with Crippen molar-refractivity contribution in [3.63, 3.8) is 0 Å². The van der Waals surface area contributed by atoms with Gasteiger partial charge >= 0.3 is 5.97 Å². The van der Waals surface area contributed by atoms with Crippen LogP contribution in [-0.4, -0.2) is 52.5 Å². The fourth-order valence-electron chi connectivity index (χ4n) is 3.71. The molecule has 1 aromatic heterocycles. The molecule has 0 saturated carbocycles. The zero-order chi connectivity index (χ0) is 23.1. The van der Waals surface area contributed by atoms with Crippen molar-refractivity contribution in [3.05, 3.63) is 71.4 Å². The average Bonchev–Trinajstić information content (AvgIpc) is 2.80. The van der Waals surface area contributed by atoms with Crippen molar-refractivity contribution >= 4 is 22.8 Å². The number of amides is 1. The first kappa shape index (κ1) is 23.2. The Balaban J connectivity index is 1.62. The van der Waals surface area contributed by atoms with Crippen molar-refractivity contribution in [1.82, 2.24) is 15.2 Å². The molecular formula is C25H29N3O4. The highest BCUT2D eigenvalue weighted by molar-refractivity contribution is 5.94. The zero-order valence-corrected chi connectivity index (χ0v) is 18.7. The van der Waals surface area contributed by atoms with E-state index in [1.807, 2.05) is 51.1 Å². The van der Waals surface area contributed by atoms with Crippen LogP contribution in [0.3, 0.4) is 0 Å². The van der Waals surface area contributed by atoms with Gasteiger partial charge in [-0.15, -0.1) is 0 Å². The number of carboxylic acids is 1. The summed E-state index contributed by atoms with van der Waals surface area (Å²) in [4.78, 5) is 30.3. The molecule has 1 atom stereocenters. The summed E-state index contributed by atoms with van der Waals surface area (Å²) < 4.78 is 5.94. The number of carbonyl (C=O) groups is 2. The van der Waals surface area contributed by atoms with E-state index in [9.17, 15) is 14.7 Å². The highest BCUT2D eigenvalue weighted by Crippen LogP contribution is 2.21. The monoisotopic (exact) mass is 435 g/mol. The molecule has 1 amide bonds. The van der Waals surface area contributed by atoms with Gasteiger partial charge in [0.05, 0.1) is 5.52 Å². The van der Waals surface area contributed by atoms with Crippen LogP contribution in [0.15, 0.2) is 54.6 Å². The van der Waals surface area contributed by atoms with Crippen LogP contribution in [0.25, 0.3) is 10.9 Å². The zero-order valence-electron chi connectivity index (χ0n) is 18.7. The molecule has 3 aromatic rings. The lowest BCUT2D eigenvalue weighted by molar-refractivity contribution is -0.142. The number of rotatable bonds is 10. The molecule has 0 aliphatic heterocycles. The minimum Gasteiger partial charge on any atom is -0.489 e. The van der Waals surface area contributed by atoms with Crippen molar-refractivity contribution < 1.29 is 19.4 Å². The molecule has 32 heavy (non-hydrogen) atoms. The fourth-order valence-corrected chi connectivity index (χ4v) is 3.71. The van der Waals surface area contributed by atoms with Crippen LogP contribution in [0.2, 0.25) is 0 Å². The standard InChI is InChI=1S/C25H29N3O4/c1-4-28(5-2)23(25(30)31)15-26-24(29)18-10-12-20(13-11-18)32-16-19-14-17(3)27-22-9-7-6-8-21(19)22/h6-14,23H,4-5,15-16H2,1-3H3,(H,26,29)(H,30,31)/t23-/m0/s1. The van der Waals surface area contributed by atoms with Crippen molar-refractivity contribution in [2.24, 2.45) is 0 Å². The minimum absolute atomic E-state index is 0.0442. The first-order valence-electron chi connectivity index (χ1n) is 10.8. The molecular weight excluding hydrogens is 406 g/mol. The van der Waals surface area contributed by atoms with Gasteiger partial charge in [-0.1, -0.05) is 32.0 Å². The third-order valence-corrected chi connectivity index (χ3v) is 5.43. The van der Waals surface area contributed by atoms with Crippen molar-refractivity contribution in [3.8, 4) is 5.75 Å². The summed E-state index contributed by atoms with van der Waals surface area (Å²) in [5.74, 6) is -0.617. The van der Waals surface area contributed by atoms with Gasteiger partial charge in [0.25, 0.3) is 5.91 Å². The van der Waals surface area contributed by atoms with E-state index in [-0.39, 0.29) is 12.5 Å². The van der Waals surface area contributed by atoms with Crippen LogP contribution in [0.1, 0.15) is 35.5 Å². The summed E-state index contributed by atoms with van der Waals surface area (Å²) in [6, 6.07) is 16.0. The molecule has 0 bridgehead atoms. The number of carbonyl (C=O) groups excluding carboxylic acids is 1. The fraction of sp³-hybridized carbons (Fsp3) is 0.320. The number of carboxylic acid groups (broad SMARTS) is 1. The van der Waals surface area contributed by atoms with Crippen LogP contribution in [0.5, 0.6) is 5.75 Å². The van der Waals surface area contributed by atoms with Gasteiger partial charge < -0.3 is 15.2 Å². The molecule has 0 aliphatic rings. The number of para-hydroxylation sites is 1. The molecule has 0 unspecified atom stereocenters. The molecule has 0 radical (unpaired) electrons. The van der Waals surface area contributed by atoms with Gasteiger partial charge in [0.1, 0.15) is 18.4 Å². The van der Waals surface area contributed by atoms with Gasteiger partial charge in [-0.3, -0.25) is 19.5 Å². The largest absolute Gasteiger partial charge is 0.489 e. The van der Waals surface area contributed by atoms with Crippen LogP contribution < -0.4 is 10.1 Å². The van der Waals surface area contributed by atoms with Crippen molar-refractivity contribution in [2.75, 3.05) is 19.6 Å². The van der Waals surface area contributed by atoms with E-state index in [1.54, 1.807) is 29.2 Å². The Morgan fingerprint density at radius 2 is 1.78 bits per heavy atom. The highest BCUT2D eigenvalue weighted by Gasteiger charge is 2.24. The molecule has 2 N–H and O–H groups in total. The maximum atomic E-state index is 12.5. The minimum atomic E-state index is -0.948. The van der Waals surface area contributed by atoms with Gasteiger partial charge in [0, 0.05) is 28.8 Å². The van der Waals surface area contributed by atoms with Gasteiger partial charge in [-0.25, -0.2) is 0 Å². The van der Waals surface area contributed by atoms with Crippen molar-refractivity contribution in [1.29, 1.82) is 0 Å². The number of nitrogens with one attached hydrogen (secondary N) is 1. The molecule has 1 heterocycles. The van der Waals surface area contributed by atoms with Gasteiger partial charge in [0.15, 0.2) is 0 Å². The number of aliphatic carboxylic acids is 1. The van der Waals surface area contributed by atoms with Gasteiger partial charge in [-0.05, 0) is 56.4 Å². The molecule has 7 nitrogen and oxygen atoms in total. The molecule has 2 aromatic carbocycles. The molecule has 168 valence electrons. The molecule has 0 aliphatic carbocycles. The van der Waals surface area contributed by atoms with Gasteiger partial charge in [-0.2, -0.15) is 0 Å². The summed E-state index contributed by atoms with van der Waals surface area (Å²) >= 11 is 0. The highest BCUT2D eigenvalue weighted by atomic mass is 16.5. The topological polar surface area (TPSA) is 91.8 Å². The van der Waals surface area contributed by atoms with E-state index in [4.69, 9.17) is 4.74 Å². The molecule has 0 spiro atoms. The van der Waals surface area contributed by atoms with E-state index < -0.39 is 12.0 Å². The summed E-state index contributed by atoms with van der Waals surface area (Å²) in [7, 11) is 0. The molecule has 7 heteroatoms. The SMILES string of the molecule is CCN(CC)[C@@H](CNC(=O)c1ccc(OCc2cc(C)nc3ccccc23)cc1)C(=O)O. The predicted octanol–water partition coefficient (Wildman–Crippen LogP) is 3.65. The first-order valence-corrected chi connectivity index (χ1v) is 10.8. The maximum absolute atomic E-state index is 12.5. The van der Waals surface area contributed by atoms with E-state index in [2.05, 4.69) is 10.3 Å². The van der Waals surface area contributed by atoms with Gasteiger partial charge in [0.2, 0.25) is 0 Å². The maximum Gasteiger partial charge on any atom is 0.322 e. The molecule has 0 saturated heterocycles. The normalized spacial score (nSPS) is 12.0. The summed E-state index contributed by atoms with van der Waals surface area (Å²) in [5.41, 5.74) is 3.36. The Morgan fingerprint density at radius 1 is 1.09 bits per heavy atom. The van der Waals surface area contributed by atoms with E-state index in [0.717, 1.165) is 22.2 Å². The number of nitrogens with zero attached hydrogens (tertiary/aromatic N) is 2. The number of hydrogen-bond donors (Lipinski definition) is 2.